The van der Waals surface area contributed by atoms with Crippen molar-refractivity contribution >= 4 is 78.9 Å². The molecule has 4 aliphatic rings. The Morgan fingerprint density at radius 2 is 1.49 bits per heavy atom. The van der Waals surface area contributed by atoms with Crippen LogP contribution >= 0.6 is 22.9 Å². The first-order valence-corrected chi connectivity index (χ1v) is 21.1. The molecule has 3 fully saturated rings. The summed E-state index contributed by atoms with van der Waals surface area (Å²) in [5, 5.41) is 18.2. The van der Waals surface area contributed by atoms with Crippen LogP contribution in [0.5, 0.6) is 5.75 Å². The maximum Gasteiger partial charge on any atom is 0.416 e. The van der Waals surface area contributed by atoms with Gasteiger partial charge in [-0.2, -0.15) is 31.4 Å². The molecular formula is C46H33ClF6N4O5S. The van der Waals surface area contributed by atoms with Crippen molar-refractivity contribution in [2.45, 2.75) is 45.0 Å². The molecule has 2 saturated heterocycles. The SMILES string of the molecule is Cc1c(-c2cc(N3C(=O)[C@@H]4C[C@@H]5C(=CC[C@@H]6C(=O)N(c7cc(C(F)(F)F)cc(C(F)(F)F)c7)C(=O)[C@@H]65)[C@H](c5ccc(O)c6ccccc56)[C@]4(C)C3=O)n(C)n2)sc2ccc(Cl)cc12. The molecule has 4 amide bonds. The Labute approximate surface area is 363 Å². The molecule has 6 atom stereocenters. The standard InChI is InChI=1S/C46H33ClF6N4O5S/c1-20-30-17-23(47)8-13-35(30)63-39(20)33-19-36(55(3)54-33)57-41(60)32-18-31-28(38(44(32,2)43(57)62)27-11-12-34(58)26-7-5-4-6-25(26)27)9-10-29-37(31)42(61)56(40(29)59)24-15-21(45(48,49)50)14-22(16-24)46(51,52)53/h4-9,11-17,19,29,31-32,37-38,58H,10,18H2,1-3H3/t29-,31+,32-,37-,38-,44+/m0/s1. The van der Waals surface area contributed by atoms with Gasteiger partial charge in [-0.15, -0.1) is 11.3 Å². The fraction of sp³-hybridized carbons (Fsp3) is 0.283. The van der Waals surface area contributed by atoms with E-state index in [0.29, 0.717) is 49.7 Å². The first kappa shape index (κ1) is 41.0. The molecule has 0 spiro atoms. The molecule has 17 heteroatoms. The van der Waals surface area contributed by atoms with Gasteiger partial charge in [0.2, 0.25) is 23.6 Å². The minimum atomic E-state index is -5.24. The van der Waals surface area contributed by atoms with E-state index < -0.39 is 87.8 Å². The number of hydrogen-bond donors (Lipinski definition) is 1. The number of carbonyl (C=O) groups is 4. The van der Waals surface area contributed by atoms with Crippen LogP contribution in [0.15, 0.2) is 90.5 Å². The highest BCUT2D eigenvalue weighted by Crippen LogP contribution is 2.64. The summed E-state index contributed by atoms with van der Waals surface area (Å²) in [6, 6.07) is 17.8. The Bertz CT molecular complexity index is 3030. The van der Waals surface area contributed by atoms with E-state index in [9.17, 15) is 41.0 Å². The number of phenolic OH excluding ortho intramolecular Hbond substituents is 1. The van der Waals surface area contributed by atoms with Crippen molar-refractivity contribution in [3.63, 3.8) is 0 Å². The monoisotopic (exact) mass is 902 g/mol. The van der Waals surface area contributed by atoms with Gasteiger partial charge in [0.25, 0.3) is 0 Å². The summed E-state index contributed by atoms with van der Waals surface area (Å²) < 4.78 is 86.4. The van der Waals surface area contributed by atoms with E-state index >= 15 is 9.59 Å². The lowest BCUT2D eigenvalue weighted by Gasteiger charge is -2.49. The normalized spacial score (nSPS) is 25.0. The van der Waals surface area contributed by atoms with E-state index in [1.807, 2.05) is 19.1 Å². The van der Waals surface area contributed by atoms with Crippen LogP contribution in [-0.2, 0) is 38.6 Å². The zero-order valence-corrected chi connectivity index (χ0v) is 34.9. The molecule has 0 unspecified atom stereocenters. The van der Waals surface area contributed by atoms with Gasteiger partial charge in [-0.1, -0.05) is 53.6 Å². The van der Waals surface area contributed by atoms with Gasteiger partial charge >= 0.3 is 12.4 Å². The van der Waals surface area contributed by atoms with E-state index in [1.54, 1.807) is 62.5 Å². The maximum absolute atomic E-state index is 15.3. The highest BCUT2D eigenvalue weighted by Gasteiger charge is 2.68. The zero-order valence-electron chi connectivity index (χ0n) is 33.3. The van der Waals surface area contributed by atoms with Crippen LogP contribution in [0.25, 0.3) is 31.4 Å². The second-order valence-corrected chi connectivity index (χ2v) is 18.4. The highest BCUT2D eigenvalue weighted by atomic mass is 35.5. The fourth-order valence-electron chi connectivity index (χ4n) is 10.7. The number of thiophene rings is 1. The first-order valence-electron chi connectivity index (χ1n) is 19.9. The first-order chi connectivity index (χ1) is 29.7. The van der Waals surface area contributed by atoms with Crippen LogP contribution in [0, 0.1) is 36.0 Å². The van der Waals surface area contributed by atoms with Gasteiger partial charge in [0.1, 0.15) is 17.3 Å². The Morgan fingerprint density at radius 1 is 0.810 bits per heavy atom. The molecule has 1 N–H and O–H groups in total. The summed E-state index contributed by atoms with van der Waals surface area (Å²) >= 11 is 7.77. The third kappa shape index (κ3) is 5.93. The summed E-state index contributed by atoms with van der Waals surface area (Å²) in [5.74, 6) is -8.50. The van der Waals surface area contributed by atoms with Crippen LogP contribution in [0.2, 0.25) is 5.02 Å². The molecule has 4 heterocycles. The Morgan fingerprint density at radius 3 is 2.17 bits per heavy atom. The van der Waals surface area contributed by atoms with E-state index in [1.165, 1.54) is 22.1 Å². The topological polar surface area (TPSA) is 113 Å². The zero-order chi connectivity index (χ0) is 44.8. The van der Waals surface area contributed by atoms with Gasteiger partial charge in [0.05, 0.1) is 44.9 Å². The molecule has 4 aromatic carbocycles. The lowest BCUT2D eigenvalue weighted by atomic mass is 9.51. The van der Waals surface area contributed by atoms with Crippen molar-refractivity contribution in [2.75, 3.05) is 9.80 Å². The van der Waals surface area contributed by atoms with Crippen molar-refractivity contribution < 1.29 is 50.6 Å². The number of aromatic hydroxyl groups is 1. The summed E-state index contributed by atoms with van der Waals surface area (Å²) in [7, 11) is 1.61. The van der Waals surface area contributed by atoms with Gasteiger partial charge in [0.15, 0.2) is 0 Å². The number of rotatable bonds is 4. The molecule has 6 aromatic rings. The molecule has 322 valence electrons. The predicted octanol–water partition coefficient (Wildman–Crippen LogP) is 10.6. The number of carbonyl (C=O) groups excluding carboxylic acids is 4. The largest absolute Gasteiger partial charge is 0.507 e. The molecule has 1 saturated carbocycles. The van der Waals surface area contributed by atoms with Gasteiger partial charge in [-0.3, -0.25) is 23.9 Å². The molecule has 2 aliphatic carbocycles. The number of halogens is 7. The van der Waals surface area contributed by atoms with Gasteiger partial charge in [0, 0.05) is 34.1 Å². The molecule has 9 nitrogen and oxygen atoms in total. The van der Waals surface area contributed by atoms with Crippen molar-refractivity contribution in [3.8, 4) is 16.3 Å². The van der Waals surface area contributed by atoms with Gasteiger partial charge in [-0.25, -0.2) is 9.80 Å². The molecule has 0 radical (unpaired) electrons. The Balaban J connectivity index is 1.11. The third-order valence-corrected chi connectivity index (χ3v) is 15.1. The van der Waals surface area contributed by atoms with Crippen LogP contribution in [0.3, 0.4) is 0 Å². The summed E-state index contributed by atoms with van der Waals surface area (Å²) in [6.45, 7) is 3.61. The number of imide groups is 2. The number of nitrogens with zero attached hydrogens (tertiary/aromatic N) is 4. The summed E-state index contributed by atoms with van der Waals surface area (Å²) in [6.07, 6.45) is -9.01. The molecule has 10 rings (SSSR count). The van der Waals surface area contributed by atoms with Crippen LogP contribution in [-0.4, -0.2) is 38.5 Å². The number of benzene rings is 4. The number of hydrogen-bond acceptors (Lipinski definition) is 7. The highest BCUT2D eigenvalue weighted by molar-refractivity contribution is 7.22. The van der Waals surface area contributed by atoms with Crippen molar-refractivity contribution in [2.24, 2.45) is 36.1 Å². The number of amides is 4. The van der Waals surface area contributed by atoms with E-state index in [4.69, 9.17) is 16.7 Å². The quantitative estimate of drug-likeness (QED) is 0.107. The average molecular weight is 903 g/mol. The predicted molar refractivity (Wildman–Crippen MR) is 223 cm³/mol. The number of aromatic nitrogens is 2. The van der Waals surface area contributed by atoms with E-state index in [0.717, 1.165) is 25.4 Å². The van der Waals surface area contributed by atoms with Crippen molar-refractivity contribution in [1.29, 1.82) is 0 Å². The maximum atomic E-state index is 15.3. The number of fused-ring (bicyclic) bond motifs is 6. The number of alkyl halides is 6. The Hall–Kier alpha value is -6.00. The van der Waals surface area contributed by atoms with Crippen LogP contribution < -0.4 is 9.80 Å². The molecular weight excluding hydrogens is 870 g/mol. The minimum Gasteiger partial charge on any atom is -0.507 e. The van der Waals surface area contributed by atoms with Crippen LogP contribution in [0.1, 0.15) is 47.9 Å². The minimum absolute atomic E-state index is 0.0516. The molecule has 0 bridgehead atoms. The number of aryl methyl sites for hydroxylation is 2. The summed E-state index contributed by atoms with van der Waals surface area (Å²) in [5.41, 5.74) is -3.30. The number of phenols is 1. The molecule has 2 aliphatic heterocycles. The second-order valence-electron chi connectivity index (χ2n) is 16.9. The summed E-state index contributed by atoms with van der Waals surface area (Å²) in [4.78, 5) is 61.5. The third-order valence-electron chi connectivity index (χ3n) is 13.6. The average Bonchev–Trinajstić information content (AvgIpc) is 3.90. The van der Waals surface area contributed by atoms with Gasteiger partial charge < -0.3 is 5.11 Å². The smallest absolute Gasteiger partial charge is 0.416 e. The fourth-order valence-corrected chi connectivity index (χ4v) is 12.0. The second kappa shape index (κ2) is 13.7. The lowest BCUT2D eigenvalue weighted by Crippen LogP contribution is -2.49. The number of allylic oxidation sites excluding steroid dienone is 2. The van der Waals surface area contributed by atoms with Crippen molar-refractivity contribution in [3.05, 3.63) is 118 Å². The Kier molecular flexibility index (Phi) is 8.96. The molecule has 63 heavy (non-hydrogen) atoms. The number of anilines is 2. The van der Waals surface area contributed by atoms with E-state index in [-0.39, 0.29) is 30.5 Å². The van der Waals surface area contributed by atoms with Crippen molar-refractivity contribution in [1.82, 2.24) is 9.78 Å². The molecule has 2 aromatic heterocycles. The van der Waals surface area contributed by atoms with Crippen LogP contribution in [0.4, 0.5) is 37.8 Å². The lowest BCUT2D eigenvalue weighted by molar-refractivity contribution is -0.143. The van der Waals surface area contributed by atoms with Gasteiger partial charge in [-0.05, 0) is 97.0 Å². The van der Waals surface area contributed by atoms with E-state index in [2.05, 4.69) is 0 Å².